The molecule has 0 aliphatic carbocycles. The van der Waals surface area contributed by atoms with Crippen molar-refractivity contribution in [2.75, 3.05) is 0 Å². The molecular formula is C14H14BrF2N3. The molecule has 0 saturated carbocycles. The Hall–Kier alpha value is -1.37. The van der Waals surface area contributed by atoms with Crippen molar-refractivity contribution >= 4 is 15.9 Å². The molecule has 106 valence electrons. The second-order valence-electron chi connectivity index (χ2n) is 4.50. The summed E-state index contributed by atoms with van der Waals surface area (Å²) in [6.45, 7) is 0. The van der Waals surface area contributed by atoms with Gasteiger partial charge in [0.25, 0.3) is 0 Å². The molecule has 0 aliphatic rings. The number of pyridine rings is 1. The Kier molecular flexibility index (Phi) is 5.17. The van der Waals surface area contributed by atoms with Gasteiger partial charge in [0.05, 0.1) is 0 Å². The third-order valence-electron chi connectivity index (χ3n) is 2.98. The third-order valence-corrected chi connectivity index (χ3v) is 3.41. The molecule has 6 heteroatoms. The van der Waals surface area contributed by atoms with E-state index in [-0.39, 0.29) is 6.04 Å². The monoisotopic (exact) mass is 341 g/mol. The number of halogens is 3. The van der Waals surface area contributed by atoms with E-state index in [1.165, 1.54) is 6.07 Å². The molecule has 3 nitrogen and oxygen atoms in total. The van der Waals surface area contributed by atoms with Crippen LogP contribution in [-0.2, 0) is 12.8 Å². The van der Waals surface area contributed by atoms with Gasteiger partial charge in [-0.15, -0.1) is 0 Å². The summed E-state index contributed by atoms with van der Waals surface area (Å²) < 4.78 is 27.7. The molecule has 1 aromatic carbocycles. The molecule has 2 aromatic rings. The summed E-state index contributed by atoms with van der Waals surface area (Å²) in [4.78, 5) is 4.06. The highest BCUT2D eigenvalue weighted by Crippen LogP contribution is 2.16. The summed E-state index contributed by atoms with van der Waals surface area (Å²) in [5.41, 5.74) is 3.89. The summed E-state index contributed by atoms with van der Waals surface area (Å²) >= 11 is 3.34. The van der Waals surface area contributed by atoms with Crippen LogP contribution in [0.5, 0.6) is 0 Å². The number of hydrazine groups is 1. The van der Waals surface area contributed by atoms with E-state index < -0.39 is 11.6 Å². The van der Waals surface area contributed by atoms with E-state index >= 15 is 0 Å². The Morgan fingerprint density at radius 3 is 2.75 bits per heavy atom. The Bertz CT molecular complexity index is 592. The van der Waals surface area contributed by atoms with Crippen LogP contribution in [0, 0.1) is 11.6 Å². The highest BCUT2D eigenvalue weighted by Gasteiger charge is 2.14. The first-order chi connectivity index (χ1) is 9.60. The van der Waals surface area contributed by atoms with E-state index in [0.29, 0.717) is 18.4 Å². The summed E-state index contributed by atoms with van der Waals surface area (Å²) in [6, 6.07) is 5.85. The fourth-order valence-corrected chi connectivity index (χ4v) is 2.43. The lowest BCUT2D eigenvalue weighted by molar-refractivity contribution is 0.473. The van der Waals surface area contributed by atoms with Crippen molar-refractivity contribution in [2.45, 2.75) is 18.9 Å². The third kappa shape index (κ3) is 3.82. The van der Waals surface area contributed by atoms with E-state index in [4.69, 9.17) is 5.84 Å². The van der Waals surface area contributed by atoms with Gasteiger partial charge < -0.3 is 0 Å². The highest BCUT2D eigenvalue weighted by atomic mass is 79.9. The summed E-state index contributed by atoms with van der Waals surface area (Å²) in [5, 5.41) is 0. The van der Waals surface area contributed by atoms with Crippen LogP contribution < -0.4 is 11.3 Å². The van der Waals surface area contributed by atoms with Crippen molar-refractivity contribution < 1.29 is 8.78 Å². The van der Waals surface area contributed by atoms with Crippen LogP contribution in [0.4, 0.5) is 8.78 Å². The van der Waals surface area contributed by atoms with E-state index in [1.807, 2.05) is 6.07 Å². The largest absolute Gasteiger partial charge is 0.271 e. The molecule has 2 rings (SSSR count). The van der Waals surface area contributed by atoms with Crippen LogP contribution in [0.2, 0.25) is 0 Å². The molecule has 1 atom stereocenters. The van der Waals surface area contributed by atoms with Crippen molar-refractivity contribution in [3.63, 3.8) is 0 Å². The summed E-state index contributed by atoms with van der Waals surface area (Å²) in [5.74, 6) is 3.83. The predicted octanol–water partition coefficient (Wildman–Crippen LogP) is 2.74. The van der Waals surface area contributed by atoms with Crippen LogP contribution in [0.25, 0.3) is 0 Å². The van der Waals surface area contributed by atoms with Crippen LogP contribution in [-0.4, -0.2) is 11.0 Å². The van der Waals surface area contributed by atoms with Crippen LogP contribution >= 0.6 is 15.9 Å². The van der Waals surface area contributed by atoms with Gasteiger partial charge in [-0.25, -0.2) is 8.78 Å². The highest BCUT2D eigenvalue weighted by molar-refractivity contribution is 9.10. The summed E-state index contributed by atoms with van der Waals surface area (Å²) in [7, 11) is 0. The van der Waals surface area contributed by atoms with Gasteiger partial charge >= 0.3 is 0 Å². The molecule has 0 radical (unpaired) electrons. The smallest absolute Gasteiger partial charge is 0.162 e. The second kappa shape index (κ2) is 6.88. The molecule has 0 aliphatic heterocycles. The van der Waals surface area contributed by atoms with Gasteiger partial charge in [0, 0.05) is 22.9 Å². The fourth-order valence-electron chi connectivity index (χ4n) is 2.01. The minimum absolute atomic E-state index is 0.206. The fraction of sp³-hybridized carbons (Fsp3) is 0.214. The first-order valence-corrected chi connectivity index (χ1v) is 6.88. The maximum absolute atomic E-state index is 13.6. The van der Waals surface area contributed by atoms with Crippen molar-refractivity contribution in [1.82, 2.24) is 10.4 Å². The zero-order valence-corrected chi connectivity index (χ0v) is 12.2. The number of nitrogens with two attached hydrogens (primary N) is 1. The van der Waals surface area contributed by atoms with Crippen LogP contribution in [0.15, 0.2) is 41.1 Å². The van der Waals surface area contributed by atoms with Crippen molar-refractivity contribution in [2.24, 2.45) is 5.84 Å². The maximum Gasteiger partial charge on any atom is 0.162 e. The SMILES string of the molecule is NNC(Cc1cncc(Br)c1)Cc1cccc(F)c1F. The predicted molar refractivity (Wildman–Crippen MR) is 76.8 cm³/mol. The number of benzene rings is 1. The van der Waals surface area contributed by atoms with Crippen molar-refractivity contribution in [3.05, 3.63) is 63.9 Å². The molecule has 1 aromatic heterocycles. The Morgan fingerprint density at radius 2 is 2.05 bits per heavy atom. The molecule has 0 amide bonds. The lowest BCUT2D eigenvalue weighted by Crippen LogP contribution is -2.38. The average Bonchev–Trinajstić information content (AvgIpc) is 2.43. The standard InChI is InChI=1S/C14H14BrF2N3/c15-11-4-9(7-19-8-11)5-12(20-18)6-10-2-1-3-13(16)14(10)17/h1-4,7-8,12,20H,5-6,18H2. The topological polar surface area (TPSA) is 50.9 Å². The van der Waals surface area contributed by atoms with E-state index in [0.717, 1.165) is 16.1 Å². The lowest BCUT2D eigenvalue weighted by Gasteiger charge is -2.16. The number of aromatic nitrogens is 1. The number of nitrogens with zero attached hydrogens (tertiary/aromatic N) is 1. The Morgan fingerprint density at radius 1 is 1.25 bits per heavy atom. The summed E-state index contributed by atoms with van der Waals surface area (Å²) in [6.07, 6.45) is 4.27. The first kappa shape index (κ1) is 15.0. The number of nitrogens with one attached hydrogen (secondary N) is 1. The van der Waals surface area contributed by atoms with E-state index in [9.17, 15) is 8.78 Å². The minimum Gasteiger partial charge on any atom is -0.271 e. The van der Waals surface area contributed by atoms with Crippen molar-refractivity contribution in [3.8, 4) is 0 Å². The Balaban J connectivity index is 2.11. The van der Waals surface area contributed by atoms with Crippen LogP contribution in [0.3, 0.4) is 0 Å². The van der Waals surface area contributed by atoms with Gasteiger partial charge in [0.15, 0.2) is 11.6 Å². The number of hydrogen-bond donors (Lipinski definition) is 2. The molecule has 3 N–H and O–H groups in total. The molecular weight excluding hydrogens is 328 g/mol. The quantitative estimate of drug-likeness (QED) is 0.649. The maximum atomic E-state index is 13.6. The second-order valence-corrected chi connectivity index (χ2v) is 5.41. The van der Waals surface area contributed by atoms with Gasteiger partial charge in [-0.3, -0.25) is 16.3 Å². The van der Waals surface area contributed by atoms with E-state index in [1.54, 1.807) is 18.5 Å². The molecule has 1 unspecified atom stereocenters. The zero-order valence-electron chi connectivity index (χ0n) is 10.6. The number of rotatable bonds is 5. The van der Waals surface area contributed by atoms with E-state index in [2.05, 4.69) is 26.3 Å². The average molecular weight is 342 g/mol. The normalized spacial score (nSPS) is 12.4. The molecule has 1 heterocycles. The zero-order chi connectivity index (χ0) is 14.5. The van der Waals surface area contributed by atoms with Gasteiger partial charge in [0.1, 0.15) is 0 Å². The van der Waals surface area contributed by atoms with Crippen LogP contribution in [0.1, 0.15) is 11.1 Å². The van der Waals surface area contributed by atoms with Gasteiger partial charge in [-0.2, -0.15) is 0 Å². The molecule has 0 saturated heterocycles. The van der Waals surface area contributed by atoms with Gasteiger partial charge in [0.2, 0.25) is 0 Å². The molecule has 0 bridgehead atoms. The molecule has 0 spiro atoms. The number of hydrogen-bond acceptors (Lipinski definition) is 3. The lowest BCUT2D eigenvalue weighted by atomic mass is 10.00. The van der Waals surface area contributed by atoms with Gasteiger partial charge in [-0.1, -0.05) is 12.1 Å². The van der Waals surface area contributed by atoms with Crippen molar-refractivity contribution in [1.29, 1.82) is 0 Å². The Labute approximate surface area is 124 Å². The van der Waals surface area contributed by atoms with Gasteiger partial charge in [-0.05, 0) is 52.0 Å². The molecule has 0 fully saturated rings. The minimum atomic E-state index is -0.845. The first-order valence-electron chi connectivity index (χ1n) is 6.08. The molecule has 20 heavy (non-hydrogen) atoms.